The number of nitrogens with zero attached hydrogens (tertiary/aromatic N) is 2. The lowest BCUT2D eigenvalue weighted by Crippen LogP contribution is -2.05. The molecule has 0 atom stereocenters. The van der Waals surface area contributed by atoms with Crippen molar-refractivity contribution >= 4 is 17.8 Å². The van der Waals surface area contributed by atoms with E-state index in [2.05, 4.69) is 19.0 Å². The Balaban J connectivity index is 2.23. The van der Waals surface area contributed by atoms with Crippen LogP contribution in [-0.2, 0) is 0 Å². The highest BCUT2D eigenvalue weighted by Gasteiger charge is 2.21. The smallest absolute Gasteiger partial charge is 0.338 e. The zero-order valence-corrected chi connectivity index (χ0v) is 14.1. The Hall–Kier alpha value is -2.83. The maximum atomic E-state index is 11.0. The average molecular weight is 332 g/mol. The van der Waals surface area contributed by atoms with E-state index in [0.717, 1.165) is 5.56 Å². The zero-order chi connectivity index (χ0) is 17.7. The third-order valence-electron chi connectivity index (χ3n) is 3.23. The summed E-state index contributed by atoms with van der Waals surface area (Å²) in [5.41, 5.74) is 0.914. The third-order valence-corrected chi connectivity index (χ3v) is 3.23. The zero-order valence-electron chi connectivity index (χ0n) is 14.1. The van der Waals surface area contributed by atoms with Gasteiger partial charge < -0.3 is 14.0 Å². The van der Waals surface area contributed by atoms with Crippen LogP contribution < -0.4 is 9.47 Å². The highest BCUT2D eigenvalue weighted by atomic mass is 16.6. The molecule has 0 spiro atoms. The van der Waals surface area contributed by atoms with Crippen LogP contribution in [0.15, 0.2) is 22.7 Å². The Morgan fingerprint density at radius 2 is 2.08 bits per heavy atom. The quantitative estimate of drug-likeness (QED) is 0.560. The van der Waals surface area contributed by atoms with Crippen molar-refractivity contribution in [2.75, 3.05) is 13.7 Å². The first kappa shape index (κ1) is 17.5. The molecule has 1 heterocycles. The number of aromatic nitrogens is 1. The fraction of sp³-hybridized carbons (Fsp3) is 0.353. The van der Waals surface area contributed by atoms with Crippen molar-refractivity contribution < 1.29 is 18.9 Å². The number of aryl methyl sites for hydroxylation is 1. The normalized spacial score (nSPS) is 11.2. The standard InChI is InChI=1S/C17H20N2O5/c1-11(2)10-23-14-7-5-13(9-16(14)22-4)6-8-15-17(19(20)21)12(3)18-24-15/h5-9,11H,10H2,1-4H3/b8-6+. The van der Waals surface area contributed by atoms with E-state index in [1.54, 1.807) is 25.3 Å². The summed E-state index contributed by atoms with van der Waals surface area (Å²) in [4.78, 5) is 10.5. The monoisotopic (exact) mass is 332 g/mol. The Morgan fingerprint density at radius 1 is 1.33 bits per heavy atom. The summed E-state index contributed by atoms with van der Waals surface area (Å²) in [5.74, 6) is 1.77. The second-order valence-electron chi connectivity index (χ2n) is 5.69. The van der Waals surface area contributed by atoms with Crippen molar-refractivity contribution in [1.29, 1.82) is 0 Å². The van der Waals surface area contributed by atoms with Gasteiger partial charge in [0, 0.05) is 0 Å². The van der Waals surface area contributed by atoms with Crippen LogP contribution >= 0.6 is 0 Å². The molecule has 0 bridgehead atoms. The van der Waals surface area contributed by atoms with Gasteiger partial charge in [-0.15, -0.1) is 0 Å². The van der Waals surface area contributed by atoms with Crippen LogP contribution in [0, 0.1) is 23.0 Å². The SMILES string of the molecule is COc1cc(/C=C/c2onc(C)c2[N+](=O)[O-])ccc1OCC(C)C. The van der Waals surface area contributed by atoms with E-state index in [1.165, 1.54) is 13.0 Å². The molecule has 0 aliphatic rings. The van der Waals surface area contributed by atoms with E-state index in [9.17, 15) is 10.1 Å². The molecule has 2 aromatic rings. The van der Waals surface area contributed by atoms with Gasteiger partial charge in [0.25, 0.3) is 0 Å². The number of methoxy groups -OCH3 is 1. The van der Waals surface area contributed by atoms with E-state index >= 15 is 0 Å². The van der Waals surface area contributed by atoms with Gasteiger partial charge in [0.05, 0.1) is 18.6 Å². The summed E-state index contributed by atoms with van der Waals surface area (Å²) >= 11 is 0. The number of hydrogen-bond acceptors (Lipinski definition) is 6. The van der Waals surface area contributed by atoms with Crippen LogP contribution in [0.4, 0.5) is 5.69 Å². The van der Waals surface area contributed by atoms with Crippen molar-refractivity contribution in [3.63, 3.8) is 0 Å². The van der Waals surface area contributed by atoms with Crippen LogP contribution in [0.25, 0.3) is 12.2 Å². The maximum absolute atomic E-state index is 11.0. The highest BCUT2D eigenvalue weighted by molar-refractivity contribution is 5.72. The van der Waals surface area contributed by atoms with E-state index in [0.29, 0.717) is 24.0 Å². The van der Waals surface area contributed by atoms with Crippen molar-refractivity contribution in [1.82, 2.24) is 5.16 Å². The molecule has 0 fully saturated rings. The summed E-state index contributed by atoms with van der Waals surface area (Å²) in [6, 6.07) is 5.44. The summed E-state index contributed by atoms with van der Waals surface area (Å²) < 4.78 is 16.0. The number of hydrogen-bond donors (Lipinski definition) is 0. The van der Waals surface area contributed by atoms with Gasteiger partial charge >= 0.3 is 5.69 Å². The van der Waals surface area contributed by atoms with Crippen molar-refractivity contribution in [3.05, 3.63) is 45.3 Å². The van der Waals surface area contributed by atoms with Crippen molar-refractivity contribution in [2.24, 2.45) is 5.92 Å². The van der Waals surface area contributed by atoms with Gasteiger partial charge in [-0.3, -0.25) is 10.1 Å². The lowest BCUT2D eigenvalue weighted by Gasteiger charge is -2.12. The van der Waals surface area contributed by atoms with Gasteiger partial charge in [-0.2, -0.15) is 0 Å². The summed E-state index contributed by atoms with van der Waals surface area (Å²) in [5, 5.41) is 14.6. The Kier molecular flexibility index (Phi) is 5.57. The molecule has 0 radical (unpaired) electrons. The molecule has 128 valence electrons. The lowest BCUT2D eigenvalue weighted by atomic mass is 10.1. The predicted octanol–water partition coefficient (Wildman–Crippen LogP) is 4.11. The lowest BCUT2D eigenvalue weighted by molar-refractivity contribution is -0.386. The van der Waals surface area contributed by atoms with Crippen LogP contribution in [-0.4, -0.2) is 23.8 Å². The second-order valence-corrected chi connectivity index (χ2v) is 5.69. The van der Waals surface area contributed by atoms with Gasteiger partial charge in [0.1, 0.15) is 0 Å². The summed E-state index contributed by atoms with van der Waals surface area (Å²) in [6.07, 6.45) is 3.21. The molecule has 0 unspecified atom stereocenters. The van der Waals surface area contributed by atoms with Gasteiger partial charge in [-0.25, -0.2) is 0 Å². The molecule has 0 N–H and O–H groups in total. The van der Waals surface area contributed by atoms with Crippen LogP contribution in [0.1, 0.15) is 30.9 Å². The van der Waals surface area contributed by atoms with Crippen molar-refractivity contribution in [3.8, 4) is 11.5 Å². The number of rotatable bonds is 7. The Morgan fingerprint density at radius 3 is 2.71 bits per heavy atom. The van der Waals surface area contributed by atoms with E-state index in [4.69, 9.17) is 14.0 Å². The topological polar surface area (TPSA) is 87.6 Å². The van der Waals surface area contributed by atoms with Gasteiger partial charge in [-0.05, 0) is 36.6 Å². The molecule has 24 heavy (non-hydrogen) atoms. The third kappa shape index (κ3) is 4.13. The minimum Gasteiger partial charge on any atom is -0.493 e. The predicted molar refractivity (Wildman–Crippen MR) is 90.1 cm³/mol. The first-order valence-corrected chi connectivity index (χ1v) is 7.52. The summed E-state index contributed by atoms with van der Waals surface area (Å²) in [7, 11) is 1.57. The minimum atomic E-state index is -0.505. The van der Waals surface area contributed by atoms with Crippen LogP contribution in [0.2, 0.25) is 0 Å². The van der Waals surface area contributed by atoms with E-state index < -0.39 is 4.92 Å². The molecule has 7 heteroatoms. The number of nitro groups is 1. The number of benzene rings is 1. The molecule has 0 saturated carbocycles. The largest absolute Gasteiger partial charge is 0.493 e. The molecule has 0 aliphatic carbocycles. The van der Waals surface area contributed by atoms with Crippen molar-refractivity contribution in [2.45, 2.75) is 20.8 Å². The van der Waals surface area contributed by atoms with Gasteiger partial charge in [0.2, 0.25) is 5.76 Å². The average Bonchev–Trinajstić information content (AvgIpc) is 2.92. The fourth-order valence-corrected chi connectivity index (χ4v) is 2.05. The number of ether oxygens (including phenoxy) is 2. The second kappa shape index (κ2) is 7.63. The molecular formula is C17H20N2O5. The van der Waals surface area contributed by atoms with E-state index in [1.807, 2.05) is 6.07 Å². The molecular weight excluding hydrogens is 312 g/mol. The summed E-state index contributed by atoms with van der Waals surface area (Å²) in [6.45, 7) is 6.25. The Labute approximate surface area is 140 Å². The Bertz CT molecular complexity index is 749. The first-order valence-electron chi connectivity index (χ1n) is 7.52. The molecule has 1 aromatic heterocycles. The maximum Gasteiger partial charge on any atom is 0.338 e. The molecule has 0 amide bonds. The highest BCUT2D eigenvalue weighted by Crippen LogP contribution is 2.30. The molecule has 2 rings (SSSR count). The molecule has 7 nitrogen and oxygen atoms in total. The molecule has 0 aliphatic heterocycles. The van der Waals surface area contributed by atoms with Gasteiger partial charge in [-0.1, -0.05) is 31.1 Å². The van der Waals surface area contributed by atoms with Gasteiger partial charge in [0.15, 0.2) is 17.2 Å². The van der Waals surface area contributed by atoms with E-state index in [-0.39, 0.29) is 17.1 Å². The van der Waals surface area contributed by atoms with Crippen LogP contribution in [0.5, 0.6) is 11.5 Å². The molecule has 0 saturated heterocycles. The minimum absolute atomic E-state index is 0.108. The fourth-order valence-electron chi connectivity index (χ4n) is 2.05. The van der Waals surface area contributed by atoms with Crippen LogP contribution in [0.3, 0.4) is 0 Å². The first-order chi connectivity index (χ1) is 11.4. The molecule has 1 aromatic carbocycles.